The summed E-state index contributed by atoms with van der Waals surface area (Å²) in [5, 5.41) is 12.8. The summed E-state index contributed by atoms with van der Waals surface area (Å²) in [7, 11) is 0. The molecule has 2 N–H and O–H groups in total. The predicted octanol–water partition coefficient (Wildman–Crippen LogP) is -0.0157. The molecule has 5 nitrogen and oxygen atoms in total. The third-order valence-corrected chi connectivity index (χ3v) is 3.99. The molecule has 2 fully saturated rings. The van der Waals surface area contributed by atoms with E-state index in [9.17, 15) is 9.90 Å². The van der Waals surface area contributed by atoms with Gasteiger partial charge >= 0.3 is 0 Å². The SMILES string of the molecule is CC(O)C1CCN(C(=O)CC2COCCN2)CC1. The molecule has 2 heterocycles. The summed E-state index contributed by atoms with van der Waals surface area (Å²) in [6.07, 6.45) is 2.10. The highest BCUT2D eigenvalue weighted by atomic mass is 16.5. The first kappa shape index (κ1) is 13.8. The number of likely N-dealkylation sites (tertiary alicyclic amines) is 1. The van der Waals surface area contributed by atoms with Crippen molar-refractivity contribution >= 4 is 5.91 Å². The van der Waals surface area contributed by atoms with Crippen molar-refractivity contribution in [3.8, 4) is 0 Å². The first-order valence-electron chi connectivity index (χ1n) is 6.94. The van der Waals surface area contributed by atoms with Crippen LogP contribution in [-0.2, 0) is 9.53 Å². The fourth-order valence-electron chi connectivity index (χ4n) is 2.72. The zero-order valence-electron chi connectivity index (χ0n) is 11.1. The average molecular weight is 256 g/mol. The molecule has 0 saturated carbocycles. The summed E-state index contributed by atoms with van der Waals surface area (Å²) in [5.41, 5.74) is 0. The number of hydrogen-bond donors (Lipinski definition) is 2. The Kier molecular flexibility index (Phi) is 4.97. The molecule has 18 heavy (non-hydrogen) atoms. The Morgan fingerprint density at radius 2 is 2.22 bits per heavy atom. The fourth-order valence-corrected chi connectivity index (χ4v) is 2.72. The van der Waals surface area contributed by atoms with Crippen molar-refractivity contribution < 1.29 is 14.6 Å². The lowest BCUT2D eigenvalue weighted by atomic mass is 9.92. The maximum Gasteiger partial charge on any atom is 0.224 e. The van der Waals surface area contributed by atoms with Crippen molar-refractivity contribution in [1.82, 2.24) is 10.2 Å². The highest BCUT2D eigenvalue weighted by Crippen LogP contribution is 2.21. The Bertz CT molecular complexity index is 269. The second-order valence-corrected chi connectivity index (χ2v) is 5.39. The van der Waals surface area contributed by atoms with Gasteiger partial charge in [-0.05, 0) is 25.7 Å². The topological polar surface area (TPSA) is 61.8 Å². The number of ether oxygens (including phenoxy) is 1. The molecule has 2 rings (SSSR count). The number of carbonyl (C=O) groups is 1. The molecule has 0 aliphatic carbocycles. The van der Waals surface area contributed by atoms with Crippen LogP contribution in [0.2, 0.25) is 0 Å². The van der Waals surface area contributed by atoms with Crippen molar-refractivity contribution in [3.05, 3.63) is 0 Å². The molecular formula is C13H24N2O3. The van der Waals surface area contributed by atoms with Crippen molar-refractivity contribution in [1.29, 1.82) is 0 Å². The van der Waals surface area contributed by atoms with E-state index in [0.717, 1.165) is 39.1 Å². The number of rotatable bonds is 3. The van der Waals surface area contributed by atoms with Crippen LogP contribution < -0.4 is 5.32 Å². The minimum Gasteiger partial charge on any atom is -0.393 e. The Morgan fingerprint density at radius 1 is 1.50 bits per heavy atom. The van der Waals surface area contributed by atoms with E-state index in [0.29, 0.717) is 18.9 Å². The minimum atomic E-state index is -0.254. The van der Waals surface area contributed by atoms with Gasteiger partial charge in [0, 0.05) is 32.1 Å². The summed E-state index contributed by atoms with van der Waals surface area (Å²) in [4.78, 5) is 14.0. The van der Waals surface area contributed by atoms with Gasteiger partial charge in [-0.2, -0.15) is 0 Å². The quantitative estimate of drug-likeness (QED) is 0.745. The van der Waals surface area contributed by atoms with Crippen LogP contribution in [0.15, 0.2) is 0 Å². The summed E-state index contributed by atoms with van der Waals surface area (Å²) in [6.45, 7) is 5.61. The van der Waals surface area contributed by atoms with Gasteiger partial charge in [0.2, 0.25) is 5.91 Å². The number of nitrogens with one attached hydrogen (secondary N) is 1. The maximum atomic E-state index is 12.1. The molecule has 2 saturated heterocycles. The number of morpholine rings is 1. The summed E-state index contributed by atoms with van der Waals surface area (Å²) in [5.74, 6) is 0.562. The summed E-state index contributed by atoms with van der Waals surface area (Å²) < 4.78 is 5.35. The number of hydrogen-bond acceptors (Lipinski definition) is 4. The maximum absolute atomic E-state index is 12.1. The first-order valence-corrected chi connectivity index (χ1v) is 6.94. The Morgan fingerprint density at radius 3 is 2.78 bits per heavy atom. The molecule has 0 aromatic rings. The lowest BCUT2D eigenvalue weighted by Crippen LogP contribution is -2.47. The number of aliphatic hydroxyl groups excluding tert-OH is 1. The van der Waals surface area contributed by atoms with Crippen molar-refractivity contribution in [2.75, 3.05) is 32.8 Å². The molecular weight excluding hydrogens is 232 g/mol. The normalized spacial score (nSPS) is 28.1. The van der Waals surface area contributed by atoms with Crippen LogP contribution in [0.3, 0.4) is 0 Å². The van der Waals surface area contributed by atoms with Gasteiger partial charge in [0.25, 0.3) is 0 Å². The van der Waals surface area contributed by atoms with E-state index in [1.165, 1.54) is 0 Å². The molecule has 5 heteroatoms. The lowest BCUT2D eigenvalue weighted by molar-refractivity contribution is -0.134. The largest absolute Gasteiger partial charge is 0.393 e. The van der Waals surface area contributed by atoms with Gasteiger partial charge < -0.3 is 20.1 Å². The predicted molar refractivity (Wildman–Crippen MR) is 68.2 cm³/mol. The monoisotopic (exact) mass is 256 g/mol. The minimum absolute atomic E-state index is 0.167. The molecule has 2 unspecified atom stereocenters. The number of aliphatic hydroxyl groups is 1. The molecule has 104 valence electrons. The number of carbonyl (C=O) groups excluding carboxylic acids is 1. The van der Waals surface area contributed by atoms with E-state index in [4.69, 9.17) is 4.74 Å². The van der Waals surface area contributed by atoms with E-state index >= 15 is 0 Å². The molecule has 0 aromatic carbocycles. The number of amides is 1. The third kappa shape index (κ3) is 3.67. The highest BCUT2D eigenvalue weighted by Gasteiger charge is 2.27. The van der Waals surface area contributed by atoms with Crippen molar-refractivity contribution in [2.45, 2.75) is 38.3 Å². The van der Waals surface area contributed by atoms with Gasteiger partial charge in [-0.25, -0.2) is 0 Å². The van der Waals surface area contributed by atoms with Crippen LogP contribution >= 0.6 is 0 Å². The fraction of sp³-hybridized carbons (Fsp3) is 0.923. The molecule has 0 radical (unpaired) electrons. The van der Waals surface area contributed by atoms with Crippen LogP contribution in [0, 0.1) is 5.92 Å². The second-order valence-electron chi connectivity index (χ2n) is 5.39. The van der Waals surface area contributed by atoms with Gasteiger partial charge in [0.05, 0.1) is 19.3 Å². The van der Waals surface area contributed by atoms with Crippen LogP contribution in [0.4, 0.5) is 0 Å². The van der Waals surface area contributed by atoms with Crippen molar-refractivity contribution in [3.63, 3.8) is 0 Å². The Hall–Kier alpha value is -0.650. The van der Waals surface area contributed by atoms with Crippen LogP contribution in [0.1, 0.15) is 26.2 Å². The van der Waals surface area contributed by atoms with Gasteiger partial charge in [-0.3, -0.25) is 4.79 Å². The van der Waals surface area contributed by atoms with E-state index < -0.39 is 0 Å². The molecule has 1 amide bonds. The Balaban J connectivity index is 1.73. The number of piperidine rings is 1. The van der Waals surface area contributed by atoms with Gasteiger partial charge in [-0.1, -0.05) is 0 Å². The first-order chi connectivity index (χ1) is 8.66. The smallest absolute Gasteiger partial charge is 0.224 e. The average Bonchev–Trinajstić information content (AvgIpc) is 2.40. The van der Waals surface area contributed by atoms with E-state index in [2.05, 4.69) is 5.32 Å². The van der Waals surface area contributed by atoms with E-state index in [-0.39, 0.29) is 18.1 Å². The molecule has 0 aromatic heterocycles. The highest BCUT2D eigenvalue weighted by molar-refractivity contribution is 5.77. The zero-order chi connectivity index (χ0) is 13.0. The summed E-state index contributed by atoms with van der Waals surface area (Å²) in [6, 6.07) is 0.167. The van der Waals surface area contributed by atoms with Gasteiger partial charge in [-0.15, -0.1) is 0 Å². The Labute approximate surface area is 108 Å². The van der Waals surface area contributed by atoms with Crippen LogP contribution in [0.25, 0.3) is 0 Å². The molecule has 2 aliphatic heterocycles. The zero-order valence-corrected chi connectivity index (χ0v) is 11.1. The molecule has 2 atom stereocenters. The second kappa shape index (κ2) is 6.50. The molecule has 0 spiro atoms. The van der Waals surface area contributed by atoms with Gasteiger partial charge in [0.1, 0.15) is 0 Å². The number of nitrogens with zero attached hydrogens (tertiary/aromatic N) is 1. The summed E-state index contributed by atoms with van der Waals surface area (Å²) >= 11 is 0. The lowest BCUT2D eigenvalue weighted by Gasteiger charge is -2.34. The van der Waals surface area contributed by atoms with Crippen LogP contribution in [-0.4, -0.2) is 60.9 Å². The molecule has 2 aliphatic rings. The molecule has 0 bridgehead atoms. The standard InChI is InChI=1S/C13H24N2O3/c1-10(16)11-2-5-15(6-3-11)13(17)8-12-9-18-7-4-14-12/h10-12,14,16H,2-9H2,1H3. The van der Waals surface area contributed by atoms with Crippen molar-refractivity contribution in [2.24, 2.45) is 5.92 Å². The third-order valence-electron chi connectivity index (χ3n) is 3.99. The van der Waals surface area contributed by atoms with E-state index in [1.807, 2.05) is 11.8 Å². The van der Waals surface area contributed by atoms with E-state index in [1.54, 1.807) is 0 Å². The van der Waals surface area contributed by atoms with Gasteiger partial charge in [0.15, 0.2) is 0 Å². The van der Waals surface area contributed by atoms with Crippen LogP contribution in [0.5, 0.6) is 0 Å².